The van der Waals surface area contributed by atoms with Crippen LogP contribution in [0.2, 0.25) is 0 Å². The number of nitrogens with zero attached hydrogens (tertiary/aromatic N) is 4. The number of nitrogens with one attached hydrogen (secondary N) is 1. The van der Waals surface area contributed by atoms with Crippen LogP contribution in [0.15, 0.2) is 34.9 Å². The molecule has 8 nitrogen and oxygen atoms in total. The molecule has 0 saturated heterocycles. The fraction of sp³-hybridized carbons (Fsp3) is 0.300. The van der Waals surface area contributed by atoms with E-state index in [-0.39, 0.29) is 5.91 Å². The summed E-state index contributed by atoms with van der Waals surface area (Å²) < 4.78 is 13.9. The van der Waals surface area contributed by atoms with Gasteiger partial charge in [-0.15, -0.1) is 0 Å². The van der Waals surface area contributed by atoms with Crippen LogP contribution in [0.4, 0.5) is 0 Å². The van der Waals surface area contributed by atoms with E-state index in [2.05, 4.69) is 36.3 Å². The van der Waals surface area contributed by atoms with E-state index >= 15 is 0 Å². The van der Waals surface area contributed by atoms with Crippen LogP contribution in [-0.2, 0) is 6.54 Å². The van der Waals surface area contributed by atoms with Crippen molar-refractivity contribution < 1.29 is 14.3 Å². The highest BCUT2D eigenvalue weighted by molar-refractivity contribution is 9.10. The fourth-order valence-corrected chi connectivity index (χ4v) is 3.70. The Morgan fingerprint density at radius 1 is 1.17 bits per heavy atom. The average molecular weight is 458 g/mol. The molecule has 0 bridgehead atoms. The van der Waals surface area contributed by atoms with Crippen LogP contribution < -0.4 is 14.8 Å². The van der Waals surface area contributed by atoms with Crippen molar-refractivity contribution in [1.82, 2.24) is 25.1 Å². The molecule has 0 aliphatic carbocycles. The molecule has 0 spiro atoms. The first-order chi connectivity index (χ1) is 14.1. The van der Waals surface area contributed by atoms with Crippen LogP contribution >= 0.6 is 15.9 Å². The van der Waals surface area contributed by atoms with Crippen molar-refractivity contribution in [3.05, 3.63) is 40.6 Å². The van der Waals surface area contributed by atoms with Gasteiger partial charge in [-0.05, 0) is 54.0 Å². The van der Waals surface area contributed by atoms with Crippen molar-refractivity contribution in [3.8, 4) is 34.3 Å². The Balaban J connectivity index is 1.73. The van der Waals surface area contributed by atoms with Gasteiger partial charge in [-0.1, -0.05) is 0 Å². The summed E-state index contributed by atoms with van der Waals surface area (Å²) >= 11 is 3.55. The maximum absolute atomic E-state index is 12.0. The van der Waals surface area contributed by atoms with E-state index in [9.17, 15) is 4.79 Å². The zero-order valence-electron chi connectivity index (χ0n) is 16.1. The number of carbonyl (C=O) groups excluding carboxylic acids is 1. The van der Waals surface area contributed by atoms with E-state index in [0.29, 0.717) is 60.7 Å². The minimum absolute atomic E-state index is 0.124. The molecule has 0 fully saturated rings. The van der Waals surface area contributed by atoms with Crippen molar-refractivity contribution in [2.75, 3.05) is 19.8 Å². The van der Waals surface area contributed by atoms with Crippen LogP contribution in [0.25, 0.3) is 22.8 Å². The van der Waals surface area contributed by atoms with E-state index < -0.39 is 0 Å². The lowest BCUT2D eigenvalue weighted by molar-refractivity contribution is 0.0924. The zero-order valence-corrected chi connectivity index (χ0v) is 17.7. The number of benzene rings is 1. The summed E-state index contributed by atoms with van der Waals surface area (Å²) in [5.41, 5.74) is 2.60. The summed E-state index contributed by atoms with van der Waals surface area (Å²) in [6.45, 7) is 6.10. The van der Waals surface area contributed by atoms with Gasteiger partial charge >= 0.3 is 0 Å². The number of fused-ring (bicyclic) bond motifs is 1. The van der Waals surface area contributed by atoms with Crippen molar-refractivity contribution in [2.45, 2.75) is 20.4 Å². The van der Waals surface area contributed by atoms with Gasteiger partial charge in [-0.25, -0.2) is 9.97 Å². The molecule has 150 valence electrons. The first kappa shape index (κ1) is 19.4. The van der Waals surface area contributed by atoms with Gasteiger partial charge < -0.3 is 14.8 Å². The number of hydrogen-bond acceptors (Lipinski definition) is 6. The van der Waals surface area contributed by atoms with E-state index in [0.717, 1.165) is 10.0 Å². The molecule has 2 aromatic heterocycles. The number of ether oxygens (including phenoxy) is 2. The lowest BCUT2D eigenvalue weighted by Gasteiger charge is -2.14. The van der Waals surface area contributed by atoms with Gasteiger partial charge in [0.2, 0.25) is 0 Å². The molecule has 0 atom stereocenters. The van der Waals surface area contributed by atoms with Crippen molar-refractivity contribution in [1.29, 1.82) is 0 Å². The topological polar surface area (TPSA) is 91.2 Å². The lowest BCUT2D eigenvalue weighted by Crippen LogP contribution is -2.35. The summed E-state index contributed by atoms with van der Waals surface area (Å²) in [6.07, 6.45) is 1.68. The first-order valence-electron chi connectivity index (χ1n) is 9.39. The Morgan fingerprint density at radius 3 is 2.76 bits per heavy atom. The van der Waals surface area contributed by atoms with Gasteiger partial charge in [0.1, 0.15) is 11.4 Å². The SMILES string of the molecule is CCOc1cc(-c2nccc(-c3cc4n(n3)CCNC4=O)n2)cc(Br)c1OCC. The van der Waals surface area contributed by atoms with E-state index in [1.807, 2.05) is 26.0 Å². The predicted octanol–water partition coefficient (Wildman–Crippen LogP) is 3.31. The Labute approximate surface area is 176 Å². The third-order valence-corrected chi connectivity index (χ3v) is 4.99. The van der Waals surface area contributed by atoms with Crippen molar-refractivity contribution >= 4 is 21.8 Å². The molecule has 3 heterocycles. The molecule has 4 rings (SSSR count). The molecule has 29 heavy (non-hydrogen) atoms. The normalized spacial score (nSPS) is 13.0. The number of aromatic nitrogens is 4. The molecule has 0 radical (unpaired) electrons. The Bertz CT molecular complexity index is 1070. The third-order valence-electron chi connectivity index (χ3n) is 4.40. The van der Waals surface area contributed by atoms with Gasteiger partial charge in [-0.2, -0.15) is 5.10 Å². The monoisotopic (exact) mass is 457 g/mol. The Morgan fingerprint density at radius 2 is 2.00 bits per heavy atom. The Kier molecular flexibility index (Phi) is 5.48. The van der Waals surface area contributed by atoms with Gasteiger partial charge in [0, 0.05) is 18.3 Å². The molecule has 0 saturated carbocycles. The lowest BCUT2D eigenvalue weighted by atomic mass is 10.1. The Hall–Kier alpha value is -2.94. The number of hydrogen-bond donors (Lipinski definition) is 1. The molecule has 1 amide bonds. The average Bonchev–Trinajstić information content (AvgIpc) is 3.16. The highest BCUT2D eigenvalue weighted by atomic mass is 79.9. The van der Waals surface area contributed by atoms with Crippen molar-refractivity contribution in [2.24, 2.45) is 0 Å². The van der Waals surface area contributed by atoms with E-state index in [1.165, 1.54) is 0 Å². The maximum atomic E-state index is 12.0. The molecular weight excluding hydrogens is 438 g/mol. The second kappa shape index (κ2) is 8.20. The summed E-state index contributed by atoms with van der Waals surface area (Å²) in [5.74, 6) is 1.69. The molecular formula is C20H20BrN5O3. The molecule has 0 unspecified atom stereocenters. The van der Waals surface area contributed by atoms with Crippen LogP contribution in [0, 0.1) is 0 Å². The smallest absolute Gasteiger partial charge is 0.269 e. The predicted molar refractivity (Wildman–Crippen MR) is 111 cm³/mol. The fourth-order valence-electron chi connectivity index (χ4n) is 3.15. The quantitative estimate of drug-likeness (QED) is 0.610. The maximum Gasteiger partial charge on any atom is 0.269 e. The molecule has 1 aliphatic heterocycles. The van der Waals surface area contributed by atoms with Crippen LogP contribution in [0.5, 0.6) is 11.5 Å². The van der Waals surface area contributed by atoms with Crippen LogP contribution in [0.3, 0.4) is 0 Å². The molecule has 1 aliphatic rings. The number of carbonyl (C=O) groups is 1. The summed E-state index contributed by atoms with van der Waals surface area (Å²) in [4.78, 5) is 21.1. The summed E-state index contributed by atoms with van der Waals surface area (Å²) in [5, 5.41) is 7.34. The van der Waals surface area contributed by atoms with Gasteiger partial charge in [0.25, 0.3) is 5.91 Å². The van der Waals surface area contributed by atoms with Gasteiger partial charge in [-0.3, -0.25) is 9.48 Å². The first-order valence-corrected chi connectivity index (χ1v) is 10.2. The molecule has 9 heteroatoms. The number of amides is 1. The summed E-state index contributed by atoms with van der Waals surface area (Å²) in [6, 6.07) is 7.30. The van der Waals surface area contributed by atoms with E-state index in [1.54, 1.807) is 23.0 Å². The van der Waals surface area contributed by atoms with Crippen LogP contribution in [0.1, 0.15) is 24.3 Å². The molecule has 1 N–H and O–H groups in total. The standard InChI is InChI=1S/C20H20BrN5O3/c1-3-28-17-10-12(9-13(21)18(17)29-4-2)19-22-6-5-14(24-19)15-11-16-20(27)23-7-8-26(16)25-15/h5-6,9-11H,3-4,7-8H2,1-2H3,(H,23,27). The zero-order chi connectivity index (χ0) is 20.4. The highest BCUT2D eigenvalue weighted by Gasteiger charge is 2.21. The van der Waals surface area contributed by atoms with Crippen LogP contribution in [-0.4, -0.2) is 45.4 Å². The second-order valence-corrected chi connectivity index (χ2v) is 7.17. The van der Waals surface area contributed by atoms with E-state index in [4.69, 9.17) is 9.47 Å². The minimum atomic E-state index is -0.124. The second-order valence-electron chi connectivity index (χ2n) is 6.31. The van der Waals surface area contributed by atoms with Gasteiger partial charge in [0.05, 0.1) is 29.9 Å². The summed E-state index contributed by atoms with van der Waals surface area (Å²) in [7, 11) is 0. The largest absolute Gasteiger partial charge is 0.490 e. The van der Waals surface area contributed by atoms with Gasteiger partial charge in [0.15, 0.2) is 17.3 Å². The van der Waals surface area contributed by atoms with Crippen molar-refractivity contribution in [3.63, 3.8) is 0 Å². The number of halogens is 1. The molecule has 3 aromatic rings. The highest BCUT2D eigenvalue weighted by Crippen LogP contribution is 2.39. The molecule has 1 aromatic carbocycles. The minimum Gasteiger partial charge on any atom is -0.490 e. The third kappa shape index (κ3) is 3.82. The number of rotatable bonds is 6.